The van der Waals surface area contributed by atoms with Crippen molar-refractivity contribution in [2.24, 2.45) is 11.7 Å². The van der Waals surface area contributed by atoms with Gasteiger partial charge in [0.15, 0.2) is 0 Å². The van der Waals surface area contributed by atoms with Crippen LogP contribution in [0.3, 0.4) is 0 Å². The van der Waals surface area contributed by atoms with Gasteiger partial charge in [-0.2, -0.15) is 0 Å². The predicted octanol–water partition coefficient (Wildman–Crippen LogP) is 1.28. The summed E-state index contributed by atoms with van der Waals surface area (Å²) in [6.45, 7) is 6.16. The quantitative estimate of drug-likeness (QED) is 0.785. The highest BCUT2D eigenvalue weighted by molar-refractivity contribution is 4.92. The van der Waals surface area contributed by atoms with Crippen molar-refractivity contribution in [3.8, 4) is 0 Å². The molecule has 98 valence electrons. The second kappa shape index (κ2) is 5.25. The minimum absolute atomic E-state index is 0.775. The van der Waals surface area contributed by atoms with Crippen LogP contribution in [0.1, 0.15) is 38.5 Å². The third-order valence-corrected chi connectivity index (χ3v) is 5.26. The second-order valence-electron chi connectivity index (χ2n) is 6.17. The van der Waals surface area contributed by atoms with Crippen molar-refractivity contribution in [3.63, 3.8) is 0 Å². The largest absolute Gasteiger partial charge is 0.330 e. The Bertz CT molecular complexity index is 256. The maximum absolute atomic E-state index is 5.97. The molecule has 0 aromatic heterocycles. The zero-order valence-corrected chi connectivity index (χ0v) is 11.0. The van der Waals surface area contributed by atoms with Gasteiger partial charge in [0, 0.05) is 31.7 Å². The van der Waals surface area contributed by atoms with Crippen LogP contribution in [0.25, 0.3) is 0 Å². The van der Waals surface area contributed by atoms with E-state index >= 15 is 0 Å². The van der Waals surface area contributed by atoms with Gasteiger partial charge in [-0.1, -0.05) is 12.8 Å². The highest BCUT2D eigenvalue weighted by Gasteiger charge is 2.36. The van der Waals surface area contributed by atoms with Crippen molar-refractivity contribution in [1.82, 2.24) is 9.80 Å². The maximum Gasteiger partial charge on any atom is 0.0224 e. The molecule has 0 bridgehead atoms. The molecular weight excluding hydrogens is 210 g/mol. The van der Waals surface area contributed by atoms with E-state index in [0.29, 0.717) is 0 Å². The summed E-state index contributed by atoms with van der Waals surface area (Å²) >= 11 is 0. The van der Waals surface area contributed by atoms with Gasteiger partial charge in [-0.05, 0) is 44.7 Å². The van der Waals surface area contributed by atoms with E-state index in [1.807, 2.05) is 0 Å². The highest BCUT2D eigenvalue weighted by atomic mass is 15.3. The lowest BCUT2D eigenvalue weighted by Crippen LogP contribution is -2.56. The Morgan fingerprint density at radius 2 is 1.71 bits per heavy atom. The van der Waals surface area contributed by atoms with Crippen LogP contribution in [0.5, 0.6) is 0 Å². The van der Waals surface area contributed by atoms with Crippen LogP contribution >= 0.6 is 0 Å². The summed E-state index contributed by atoms with van der Waals surface area (Å²) in [5.74, 6) is 0.775. The lowest BCUT2D eigenvalue weighted by atomic mass is 9.83. The predicted molar refractivity (Wildman–Crippen MR) is 71.0 cm³/mol. The zero-order valence-electron chi connectivity index (χ0n) is 11.0. The maximum atomic E-state index is 5.97. The van der Waals surface area contributed by atoms with E-state index in [4.69, 9.17) is 5.73 Å². The van der Waals surface area contributed by atoms with Crippen LogP contribution in [0.2, 0.25) is 0 Å². The molecule has 3 rings (SSSR count). The molecular formula is C14H27N3. The molecule has 2 saturated heterocycles. The summed E-state index contributed by atoms with van der Waals surface area (Å²) < 4.78 is 0. The molecule has 3 atom stereocenters. The van der Waals surface area contributed by atoms with Crippen LogP contribution < -0.4 is 5.73 Å². The molecule has 3 nitrogen and oxygen atoms in total. The number of hydrogen-bond donors (Lipinski definition) is 1. The molecule has 0 aromatic rings. The van der Waals surface area contributed by atoms with E-state index in [0.717, 1.165) is 24.5 Å². The van der Waals surface area contributed by atoms with E-state index in [9.17, 15) is 0 Å². The molecule has 3 unspecified atom stereocenters. The van der Waals surface area contributed by atoms with Crippen molar-refractivity contribution in [2.45, 2.75) is 50.6 Å². The SMILES string of the molecule is NCC1CCCCC1N1CCN2CCCC2C1. The lowest BCUT2D eigenvalue weighted by molar-refractivity contribution is 0.0340. The van der Waals surface area contributed by atoms with E-state index in [1.54, 1.807) is 0 Å². The monoisotopic (exact) mass is 237 g/mol. The van der Waals surface area contributed by atoms with E-state index < -0.39 is 0 Å². The van der Waals surface area contributed by atoms with Crippen LogP contribution in [-0.2, 0) is 0 Å². The fraction of sp³-hybridized carbons (Fsp3) is 1.00. The van der Waals surface area contributed by atoms with E-state index in [-0.39, 0.29) is 0 Å². The molecule has 3 heteroatoms. The van der Waals surface area contributed by atoms with Crippen molar-refractivity contribution in [2.75, 3.05) is 32.7 Å². The number of nitrogens with zero attached hydrogens (tertiary/aromatic N) is 2. The average molecular weight is 237 g/mol. The molecule has 0 amide bonds. The summed E-state index contributed by atoms with van der Waals surface area (Å²) in [5.41, 5.74) is 5.97. The number of piperazine rings is 1. The summed E-state index contributed by atoms with van der Waals surface area (Å²) in [5, 5.41) is 0. The molecule has 0 radical (unpaired) electrons. The molecule has 0 spiro atoms. The Hall–Kier alpha value is -0.120. The van der Waals surface area contributed by atoms with Crippen LogP contribution in [0.4, 0.5) is 0 Å². The summed E-state index contributed by atoms with van der Waals surface area (Å²) in [4.78, 5) is 5.49. The van der Waals surface area contributed by atoms with E-state index in [2.05, 4.69) is 9.80 Å². The number of nitrogens with two attached hydrogens (primary N) is 1. The summed E-state index contributed by atoms with van der Waals surface area (Å²) in [6.07, 6.45) is 8.44. The van der Waals surface area contributed by atoms with Gasteiger partial charge in [0.05, 0.1) is 0 Å². The van der Waals surface area contributed by atoms with Gasteiger partial charge >= 0.3 is 0 Å². The third-order valence-electron chi connectivity index (χ3n) is 5.26. The first-order valence-corrected chi connectivity index (χ1v) is 7.56. The minimum Gasteiger partial charge on any atom is -0.330 e. The minimum atomic E-state index is 0.775. The van der Waals surface area contributed by atoms with Gasteiger partial charge in [0.1, 0.15) is 0 Å². The van der Waals surface area contributed by atoms with Crippen LogP contribution in [0.15, 0.2) is 0 Å². The fourth-order valence-corrected chi connectivity index (χ4v) is 4.26. The van der Waals surface area contributed by atoms with Crippen LogP contribution in [-0.4, -0.2) is 54.6 Å². The van der Waals surface area contributed by atoms with Gasteiger partial charge in [0.2, 0.25) is 0 Å². The lowest BCUT2D eigenvalue weighted by Gasteiger charge is -2.45. The molecule has 2 N–H and O–H groups in total. The first-order chi connectivity index (χ1) is 8.38. The van der Waals surface area contributed by atoms with Gasteiger partial charge in [0.25, 0.3) is 0 Å². The van der Waals surface area contributed by atoms with Gasteiger partial charge in [-0.15, -0.1) is 0 Å². The standard InChI is InChI=1S/C14H27N3/c15-10-12-4-1-2-6-14(12)17-9-8-16-7-3-5-13(16)11-17/h12-14H,1-11,15H2. The molecule has 3 fully saturated rings. The van der Waals surface area contributed by atoms with Gasteiger partial charge in [-0.3, -0.25) is 9.80 Å². The van der Waals surface area contributed by atoms with Crippen molar-refractivity contribution in [1.29, 1.82) is 0 Å². The Morgan fingerprint density at radius 3 is 2.59 bits per heavy atom. The Kier molecular flexibility index (Phi) is 3.69. The Labute approximate surface area is 105 Å². The van der Waals surface area contributed by atoms with Crippen molar-refractivity contribution >= 4 is 0 Å². The summed E-state index contributed by atoms with van der Waals surface area (Å²) in [7, 11) is 0. The molecule has 2 aliphatic heterocycles. The number of hydrogen-bond acceptors (Lipinski definition) is 3. The molecule has 17 heavy (non-hydrogen) atoms. The van der Waals surface area contributed by atoms with Crippen molar-refractivity contribution in [3.05, 3.63) is 0 Å². The fourth-order valence-electron chi connectivity index (χ4n) is 4.26. The number of fused-ring (bicyclic) bond motifs is 1. The van der Waals surface area contributed by atoms with Crippen molar-refractivity contribution < 1.29 is 0 Å². The average Bonchev–Trinajstić information content (AvgIpc) is 2.85. The zero-order chi connectivity index (χ0) is 11.7. The normalized spacial score (nSPS) is 40.4. The highest BCUT2D eigenvalue weighted by Crippen LogP contribution is 2.31. The van der Waals surface area contributed by atoms with Gasteiger partial charge in [-0.25, -0.2) is 0 Å². The summed E-state index contributed by atoms with van der Waals surface area (Å²) in [6, 6.07) is 1.67. The van der Waals surface area contributed by atoms with Crippen LogP contribution in [0, 0.1) is 5.92 Å². The smallest absolute Gasteiger partial charge is 0.0224 e. The molecule has 3 aliphatic rings. The molecule has 2 heterocycles. The Balaban J connectivity index is 1.63. The van der Waals surface area contributed by atoms with E-state index in [1.165, 1.54) is 64.7 Å². The van der Waals surface area contributed by atoms with Gasteiger partial charge < -0.3 is 5.73 Å². The topological polar surface area (TPSA) is 32.5 Å². The first kappa shape index (κ1) is 11.9. The second-order valence-corrected chi connectivity index (χ2v) is 6.17. The molecule has 1 aliphatic carbocycles. The molecule has 1 saturated carbocycles. The third kappa shape index (κ3) is 2.38. The molecule has 0 aromatic carbocycles. The first-order valence-electron chi connectivity index (χ1n) is 7.56. The number of rotatable bonds is 2. The Morgan fingerprint density at radius 1 is 0.882 bits per heavy atom.